The number of rotatable bonds is 8. The second-order valence-electron chi connectivity index (χ2n) is 5.86. The molecule has 0 atom stereocenters. The van der Waals surface area contributed by atoms with Gasteiger partial charge in [0.1, 0.15) is 16.5 Å². The highest BCUT2D eigenvalue weighted by atomic mass is 32.2. The molecule has 0 aliphatic rings. The molecular weight excluding hydrogens is 409 g/mol. The fourth-order valence-electron chi connectivity index (χ4n) is 2.25. The second-order valence-corrected chi connectivity index (χ2v) is 7.98. The number of anilines is 1. The van der Waals surface area contributed by atoms with E-state index in [9.17, 15) is 27.7 Å². The summed E-state index contributed by atoms with van der Waals surface area (Å²) in [6, 6.07) is 6.59. The summed E-state index contributed by atoms with van der Waals surface area (Å²) in [5.74, 6) is -1.82. The average Bonchev–Trinajstić information content (AvgIpc) is 2.66. The Bertz CT molecular complexity index is 1040. The highest BCUT2D eigenvalue weighted by Crippen LogP contribution is 2.29. The topological polar surface area (TPSA) is 128 Å². The number of amides is 1. The van der Waals surface area contributed by atoms with E-state index in [0.717, 1.165) is 22.5 Å². The van der Waals surface area contributed by atoms with Gasteiger partial charge in [0, 0.05) is 31.9 Å². The number of nitrogens with zero attached hydrogens (tertiary/aromatic N) is 2. The Labute approximate surface area is 166 Å². The molecule has 0 aliphatic carbocycles. The van der Waals surface area contributed by atoms with Crippen molar-refractivity contribution in [3.8, 4) is 11.5 Å². The second kappa shape index (κ2) is 8.84. The number of halogens is 1. The van der Waals surface area contributed by atoms with E-state index in [4.69, 9.17) is 9.47 Å². The highest BCUT2D eigenvalue weighted by molar-refractivity contribution is 7.89. The first-order chi connectivity index (χ1) is 13.6. The Hall–Kier alpha value is -3.25. The van der Waals surface area contributed by atoms with Crippen LogP contribution in [0.4, 0.5) is 15.8 Å². The minimum atomic E-state index is -3.84. The minimum absolute atomic E-state index is 0.0864. The monoisotopic (exact) mass is 427 g/mol. The van der Waals surface area contributed by atoms with Crippen molar-refractivity contribution in [3.63, 3.8) is 0 Å². The van der Waals surface area contributed by atoms with Crippen LogP contribution in [-0.2, 0) is 14.8 Å². The molecule has 2 aromatic rings. The number of benzene rings is 2. The first-order valence-corrected chi connectivity index (χ1v) is 9.47. The number of hydrogen-bond donors (Lipinski definition) is 1. The summed E-state index contributed by atoms with van der Waals surface area (Å²) in [5, 5.41) is 13.4. The molecule has 0 saturated heterocycles. The molecule has 0 spiro atoms. The van der Waals surface area contributed by atoms with Gasteiger partial charge in [0.15, 0.2) is 6.61 Å². The molecule has 0 aromatic heterocycles. The molecular formula is C17H18FN3O7S. The summed E-state index contributed by atoms with van der Waals surface area (Å²) in [6.07, 6.45) is 0. The summed E-state index contributed by atoms with van der Waals surface area (Å²) < 4.78 is 49.2. The van der Waals surface area contributed by atoms with Crippen molar-refractivity contribution in [3.05, 3.63) is 52.3 Å². The van der Waals surface area contributed by atoms with Gasteiger partial charge in [-0.1, -0.05) is 0 Å². The third kappa shape index (κ3) is 5.18. The van der Waals surface area contributed by atoms with Crippen LogP contribution in [0.5, 0.6) is 11.5 Å². The van der Waals surface area contributed by atoms with Crippen LogP contribution in [-0.4, -0.2) is 51.4 Å². The molecule has 2 rings (SSSR count). The number of nitrogens with one attached hydrogen (secondary N) is 1. The Morgan fingerprint density at radius 3 is 2.48 bits per heavy atom. The summed E-state index contributed by atoms with van der Waals surface area (Å²) in [4.78, 5) is 22.1. The summed E-state index contributed by atoms with van der Waals surface area (Å²) in [7, 11) is 0.158. The van der Waals surface area contributed by atoms with Crippen LogP contribution in [0.2, 0.25) is 0 Å². The molecule has 1 amide bonds. The third-order valence-electron chi connectivity index (χ3n) is 3.68. The molecule has 12 heteroatoms. The fourth-order valence-corrected chi connectivity index (χ4v) is 3.32. The van der Waals surface area contributed by atoms with Crippen molar-refractivity contribution in [1.29, 1.82) is 0 Å². The Morgan fingerprint density at radius 2 is 1.90 bits per heavy atom. The van der Waals surface area contributed by atoms with Gasteiger partial charge < -0.3 is 14.8 Å². The van der Waals surface area contributed by atoms with Crippen molar-refractivity contribution in [2.75, 3.05) is 33.1 Å². The maximum atomic E-state index is 13.3. The van der Waals surface area contributed by atoms with Crippen LogP contribution < -0.4 is 14.8 Å². The maximum absolute atomic E-state index is 13.3. The molecule has 0 fully saturated rings. The first kappa shape index (κ1) is 22.0. The van der Waals surface area contributed by atoms with Crippen LogP contribution in [0.25, 0.3) is 0 Å². The van der Waals surface area contributed by atoms with Gasteiger partial charge in [-0.15, -0.1) is 0 Å². The molecule has 2 aromatic carbocycles. The molecule has 10 nitrogen and oxygen atoms in total. The van der Waals surface area contributed by atoms with Crippen LogP contribution in [0.15, 0.2) is 41.3 Å². The predicted molar refractivity (Wildman–Crippen MR) is 101 cm³/mol. The number of ether oxygens (including phenoxy) is 2. The predicted octanol–water partition coefficient (Wildman–Crippen LogP) is 2.01. The van der Waals surface area contributed by atoms with E-state index < -0.39 is 44.7 Å². The zero-order valence-corrected chi connectivity index (χ0v) is 16.5. The van der Waals surface area contributed by atoms with E-state index in [0.29, 0.717) is 0 Å². The largest absolute Gasteiger partial charge is 0.495 e. The fraction of sp³-hybridized carbons (Fsp3) is 0.235. The van der Waals surface area contributed by atoms with E-state index in [1.54, 1.807) is 0 Å². The van der Waals surface area contributed by atoms with Crippen LogP contribution in [0.3, 0.4) is 0 Å². The van der Waals surface area contributed by atoms with E-state index in [1.165, 1.54) is 39.4 Å². The lowest BCUT2D eigenvalue weighted by molar-refractivity contribution is -0.385. The maximum Gasteiger partial charge on any atom is 0.311 e. The van der Waals surface area contributed by atoms with E-state index >= 15 is 0 Å². The molecule has 0 unspecified atom stereocenters. The molecule has 156 valence electrons. The normalized spacial score (nSPS) is 11.2. The van der Waals surface area contributed by atoms with Gasteiger partial charge in [-0.2, -0.15) is 0 Å². The van der Waals surface area contributed by atoms with Gasteiger partial charge in [-0.05, 0) is 24.3 Å². The van der Waals surface area contributed by atoms with Crippen molar-refractivity contribution >= 4 is 27.3 Å². The number of sulfonamides is 1. The van der Waals surface area contributed by atoms with Gasteiger partial charge in [-0.3, -0.25) is 14.9 Å². The van der Waals surface area contributed by atoms with Crippen LogP contribution in [0, 0.1) is 15.9 Å². The highest BCUT2D eigenvalue weighted by Gasteiger charge is 2.23. The number of carbonyl (C=O) groups excluding carboxylic acids is 1. The minimum Gasteiger partial charge on any atom is -0.495 e. The number of nitro groups is 1. The van der Waals surface area contributed by atoms with Crippen LogP contribution >= 0.6 is 0 Å². The zero-order chi connectivity index (χ0) is 21.8. The Morgan fingerprint density at radius 1 is 1.21 bits per heavy atom. The van der Waals surface area contributed by atoms with Crippen molar-refractivity contribution in [1.82, 2.24) is 4.31 Å². The molecule has 0 bridgehead atoms. The summed E-state index contributed by atoms with van der Waals surface area (Å²) in [5.41, 5.74) is -0.364. The average molecular weight is 427 g/mol. The molecule has 0 saturated carbocycles. The molecule has 0 heterocycles. The van der Waals surface area contributed by atoms with Crippen molar-refractivity contribution in [2.45, 2.75) is 4.90 Å². The van der Waals surface area contributed by atoms with Crippen molar-refractivity contribution < 1.29 is 32.0 Å². The number of methoxy groups -OCH3 is 1. The van der Waals surface area contributed by atoms with Crippen molar-refractivity contribution in [2.24, 2.45) is 0 Å². The lowest BCUT2D eigenvalue weighted by Gasteiger charge is -2.16. The Balaban J connectivity index is 2.18. The van der Waals surface area contributed by atoms with E-state index in [1.807, 2.05) is 0 Å². The van der Waals surface area contributed by atoms with Gasteiger partial charge in [0.05, 0.1) is 12.0 Å². The summed E-state index contributed by atoms with van der Waals surface area (Å²) >= 11 is 0. The number of nitro benzene ring substituents is 1. The van der Waals surface area contributed by atoms with Gasteiger partial charge in [0.2, 0.25) is 15.8 Å². The molecule has 0 aliphatic heterocycles. The quantitative estimate of drug-likeness (QED) is 0.504. The zero-order valence-electron chi connectivity index (χ0n) is 15.7. The Kier molecular flexibility index (Phi) is 6.72. The SMILES string of the molecule is COc1ccc(NC(=O)COc2cc(F)ccc2[N+](=O)[O-])cc1S(=O)(=O)N(C)C. The lowest BCUT2D eigenvalue weighted by atomic mass is 10.3. The standard InChI is InChI=1S/C17H18FN3O7S/c1-20(2)29(25,26)16-9-12(5-7-14(16)27-3)19-17(22)10-28-15-8-11(18)4-6-13(15)21(23)24/h4-9H,10H2,1-3H3,(H,19,22). The lowest BCUT2D eigenvalue weighted by Crippen LogP contribution is -2.24. The van der Waals surface area contributed by atoms with Crippen LogP contribution in [0.1, 0.15) is 0 Å². The third-order valence-corrected chi connectivity index (χ3v) is 5.52. The van der Waals surface area contributed by atoms with Gasteiger partial charge >= 0.3 is 5.69 Å². The molecule has 29 heavy (non-hydrogen) atoms. The number of carbonyl (C=O) groups is 1. The van der Waals surface area contributed by atoms with E-state index in [2.05, 4.69) is 5.32 Å². The number of hydrogen-bond acceptors (Lipinski definition) is 7. The van der Waals surface area contributed by atoms with Gasteiger partial charge in [-0.25, -0.2) is 17.1 Å². The smallest absolute Gasteiger partial charge is 0.311 e. The molecule has 1 N–H and O–H groups in total. The molecule has 0 radical (unpaired) electrons. The van der Waals surface area contributed by atoms with Gasteiger partial charge in [0.25, 0.3) is 5.91 Å². The summed E-state index contributed by atoms with van der Waals surface area (Å²) in [6.45, 7) is -0.661. The van der Waals surface area contributed by atoms with E-state index in [-0.39, 0.29) is 16.3 Å². The first-order valence-electron chi connectivity index (χ1n) is 8.03.